The van der Waals surface area contributed by atoms with E-state index in [9.17, 15) is 0 Å². The van der Waals surface area contributed by atoms with E-state index in [1.807, 2.05) is 0 Å². The van der Waals surface area contributed by atoms with Gasteiger partial charge in [-0.25, -0.2) is 4.98 Å². The fraction of sp³-hybridized carbons (Fsp3) is 0.667. The standard InChI is InChI=1S/C12H15Cl2N3/c13-10-6-16-12(14)17-11(10)15-5-9(7-1-2-7)8-3-4-8/h6-9H,1-5H2,(H,15,16,17). The van der Waals surface area contributed by atoms with Gasteiger partial charge in [-0.3, -0.25) is 0 Å². The van der Waals surface area contributed by atoms with E-state index in [2.05, 4.69) is 15.3 Å². The van der Waals surface area contributed by atoms with Gasteiger partial charge in [0.05, 0.1) is 6.20 Å². The van der Waals surface area contributed by atoms with Crippen LogP contribution in [0.3, 0.4) is 0 Å². The molecule has 2 aliphatic carbocycles. The maximum atomic E-state index is 6.02. The first kappa shape index (κ1) is 11.5. The number of rotatable bonds is 5. The molecule has 92 valence electrons. The minimum atomic E-state index is 0.242. The summed E-state index contributed by atoms with van der Waals surface area (Å²) in [5.41, 5.74) is 0. The van der Waals surface area contributed by atoms with Crippen molar-refractivity contribution in [3.8, 4) is 0 Å². The van der Waals surface area contributed by atoms with Crippen molar-refractivity contribution in [2.24, 2.45) is 17.8 Å². The van der Waals surface area contributed by atoms with Gasteiger partial charge in [-0.2, -0.15) is 4.98 Å². The number of aromatic nitrogens is 2. The molecule has 2 aliphatic rings. The van der Waals surface area contributed by atoms with E-state index in [4.69, 9.17) is 23.2 Å². The molecular weight excluding hydrogens is 257 g/mol. The molecule has 0 atom stereocenters. The molecule has 1 aromatic rings. The van der Waals surface area contributed by atoms with Crippen LogP contribution >= 0.6 is 23.2 Å². The first-order valence-electron chi connectivity index (χ1n) is 6.16. The van der Waals surface area contributed by atoms with E-state index >= 15 is 0 Å². The molecule has 1 N–H and O–H groups in total. The molecule has 0 unspecified atom stereocenters. The van der Waals surface area contributed by atoms with E-state index in [0.29, 0.717) is 10.8 Å². The summed E-state index contributed by atoms with van der Waals surface area (Å²) in [5, 5.41) is 4.11. The maximum Gasteiger partial charge on any atom is 0.224 e. The lowest BCUT2D eigenvalue weighted by atomic mass is 9.98. The lowest BCUT2D eigenvalue weighted by Crippen LogP contribution is -2.19. The molecule has 0 aromatic carbocycles. The van der Waals surface area contributed by atoms with Crippen LogP contribution in [0.15, 0.2) is 6.20 Å². The first-order chi connectivity index (χ1) is 8.24. The van der Waals surface area contributed by atoms with Gasteiger partial charge in [-0.05, 0) is 55.0 Å². The summed E-state index contributed by atoms with van der Waals surface area (Å²) < 4.78 is 0. The minimum absolute atomic E-state index is 0.242. The highest BCUT2D eigenvalue weighted by molar-refractivity contribution is 6.33. The van der Waals surface area contributed by atoms with Crippen molar-refractivity contribution in [2.75, 3.05) is 11.9 Å². The van der Waals surface area contributed by atoms with Crippen LogP contribution in [0.4, 0.5) is 5.82 Å². The Morgan fingerprint density at radius 3 is 2.47 bits per heavy atom. The molecule has 0 aliphatic heterocycles. The van der Waals surface area contributed by atoms with Crippen molar-refractivity contribution in [2.45, 2.75) is 25.7 Å². The summed E-state index contributed by atoms with van der Waals surface area (Å²) in [7, 11) is 0. The van der Waals surface area contributed by atoms with Crippen molar-refractivity contribution in [1.29, 1.82) is 0 Å². The van der Waals surface area contributed by atoms with Crippen LogP contribution in [0.5, 0.6) is 0 Å². The molecule has 0 amide bonds. The topological polar surface area (TPSA) is 37.8 Å². The van der Waals surface area contributed by atoms with E-state index in [0.717, 1.165) is 24.3 Å². The summed E-state index contributed by atoms with van der Waals surface area (Å²) in [6.45, 7) is 0.961. The van der Waals surface area contributed by atoms with Gasteiger partial charge in [-0.15, -0.1) is 0 Å². The lowest BCUT2D eigenvalue weighted by Gasteiger charge is -2.17. The van der Waals surface area contributed by atoms with Crippen molar-refractivity contribution in [1.82, 2.24) is 9.97 Å². The van der Waals surface area contributed by atoms with Gasteiger partial charge in [0.1, 0.15) is 10.8 Å². The summed E-state index contributed by atoms with van der Waals surface area (Å²) in [5.74, 6) is 3.30. The van der Waals surface area contributed by atoms with Gasteiger partial charge in [0.25, 0.3) is 0 Å². The minimum Gasteiger partial charge on any atom is -0.368 e. The molecule has 0 bridgehead atoms. The predicted molar refractivity (Wildman–Crippen MR) is 69.5 cm³/mol. The van der Waals surface area contributed by atoms with Crippen LogP contribution in [0.1, 0.15) is 25.7 Å². The third-order valence-electron chi connectivity index (χ3n) is 3.67. The highest BCUT2D eigenvalue weighted by Gasteiger charge is 2.41. The summed E-state index contributed by atoms with van der Waals surface area (Å²) in [4.78, 5) is 7.96. The van der Waals surface area contributed by atoms with Crippen LogP contribution in [-0.2, 0) is 0 Å². The molecular formula is C12H15Cl2N3. The third kappa shape index (κ3) is 2.83. The molecule has 1 heterocycles. The molecule has 0 spiro atoms. The monoisotopic (exact) mass is 271 g/mol. The van der Waals surface area contributed by atoms with Gasteiger partial charge in [0, 0.05) is 6.54 Å². The number of nitrogens with zero attached hydrogens (tertiary/aromatic N) is 2. The van der Waals surface area contributed by atoms with Crippen LogP contribution in [-0.4, -0.2) is 16.5 Å². The average Bonchev–Trinajstić information content (AvgIpc) is 3.14. The smallest absolute Gasteiger partial charge is 0.224 e. The predicted octanol–water partition coefficient (Wildman–Crippen LogP) is 3.63. The van der Waals surface area contributed by atoms with Crippen LogP contribution in [0, 0.1) is 17.8 Å². The molecule has 0 radical (unpaired) electrons. The van der Waals surface area contributed by atoms with Crippen molar-refractivity contribution in [3.63, 3.8) is 0 Å². The fourth-order valence-corrected chi connectivity index (χ4v) is 2.74. The van der Waals surface area contributed by atoms with Crippen LogP contribution < -0.4 is 5.32 Å². The molecule has 17 heavy (non-hydrogen) atoms. The number of nitrogens with one attached hydrogen (secondary N) is 1. The van der Waals surface area contributed by atoms with E-state index in [1.165, 1.54) is 25.7 Å². The fourth-order valence-electron chi connectivity index (χ4n) is 2.45. The molecule has 2 saturated carbocycles. The second-order valence-corrected chi connectivity index (χ2v) is 5.80. The maximum absolute atomic E-state index is 6.02. The van der Waals surface area contributed by atoms with Crippen molar-refractivity contribution < 1.29 is 0 Å². The third-order valence-corrected chi connectivity index (χ3v) is 4.13. The van der Waals surface area contributed by atoms with Crippen molar-refractivity contribution >= 4 is 29.0 Å². The number of hydrogen-bond donors (Lipinski definition) is 1. The van der Waals surface area contributed by atoms with E-state index in [-0.39, 0.29) is 5.28 Å². The first-order valence-corrected chi connectivity index (χ1v) is 6.91. The summed E-state index contributed by atoms with van der Waals surface area (Å²) in [6.07, 6.45) is 7.10. The molecule has 5 heteroatoms. The Kier molecular flexibility index (Phi) is 3.14. The second kappa shape index (κ2) is 4.62. The van der Waals surface area contributed by atoms with E-state index < -0.39 is 0 Å². The Balaban J connectivity index is 1.63. The number of anilines is 1. The highest BCUT2D eigenvalue weighted by atomic mass is 35.5. The van der Waals surface area contributed by atoms with E-state index in [1.54, 1.807) is 6.20 Å². The highest BCUT2D eigenvalue weighted by Crippen LogP contribution is 2.49. The largest absolute Gasteiger partial charge is 0.368 e. The Bertz CT molecular complexity index is 404. The molecule has 3 nitrogen and oxygen atoms in total. The zero-order chi connectivity index (χ0) is 11.8. The Hall–Kier alpha value is -0.540. The Morgan fingerprint density at radius 2 is 1.88 bits per heavy atom. The van der Waals surface area contributed by atoms with Gasteiger partial charge in [0.15, 0.2) is 0 Å². The molecule has 0 saturated heterocycles. The average molecular weight is 272 g/mol. The molecule has 3 rings (SSSR count). The number of hydrogen-bond acceptors (Lipinski definition) is 3. The molecule has 1 aromatic heterocycles. The Labute approximate surface area is 111 Å². The zero-order valence-corrected chi connectivity index (χ0v) is 11.0. The van der Waals surface area contributed by atoms with Gasteiger partial charge >= 0.3 is 0 Å². The molecule has 2 fully saturated rings. The second-order valence-electron chi connectivity index (χ2n) is 5.06. The summed E-state index contributed by atoms with van der Waals surface area (Å²) >= 11 is 11.8. The lowest BCUT2D eigenvalue weighted by molar-refractivity contribution is 0.427. The van der Waals surface area contributed by atoms with Gasteiger partial charge < -0.3 is 5.32 Å². The normalized spacial score (nSPS) is 19.7. The zero-order valence-electron chi connectivity index (χ0n) is 9.50. The van der Waals surface area contributed by atoms with Crippen LogP contribution in [0.2, 0.25) is 10.3 Å². The van der Waals surface area contributed by atoms with Gasteiger partial charge in [0.2, 0.25) is 5.28 Å². The SMILES string of the molecule is Clc1ncc(Cl)c(NCC(C2CC2)C2CC2)n1. The summed E-state index contributed by atoms with van der Waals surface area (Å²) in [6, 6.07) is 0. The van der Waals surface area contributed by atoms with Crippen LogP contribution in [0.25, 0.3) is 0 Å². The van der Waals surface area contributed by atoms with Crippen molar-refractivity contribution in [3.05, 3.63) is 16.5 Å². The number of halogens is 2. The Morgan fingerprint density at radius 1 is 1.24 bits per heavy atom. The van der Waals surface area contributed by atoms with Gasteiger partial charge in [-0.1, -0.05) is 11.6 Å². The quantitative estimate of drug-likeness (QED) is 0.832.